The molecule has 0 aliphatic carbocycles. The number of benzene rings is 2. The normalized spacial score (nSPS) is 19.0. The van der Waals surface area contributed by atoms with Crippen molar-refractivity contribution in [1.29, 1.82) is 0 Å². The van der Waals surface area contributed by atoms with Gasteiger partial charge in [-0.25, -0.2) is 18.4 Å². The van der Waals surface area contributed by atoms with Gasteiger partial charge in [0.05, 0.1) is 17.0 Å². The third-order valence-corrected chi connectivity index (χ3v) is 5.51. The summed E-state index contributed by atoms with van der Waals surface area (Å²) in [5, 5.41) is 3.90. The molecule has 0 spiro atoms. The van der Waals surface area contributed by atoms with E-state index in [4.69, 9.17) is 9.47 Å². The molecular formula is C19H19N3O4S. The Morgan fingerprint density at radius 3 is 2.70 bits per heavy atom. The summed E-state index contributed by atoms with van der Waals surface area (Å²) in [5.41, 5.74) is 0.0660. The number of fused-ring (bicyclic) bond motifs is 2. The van der Waals surface area contributed by atoms with Crippen LogP contribution in [0.2, 0.25) is 0 Å². The summed E-state index contributed by atoms with van der Waals surface area (Å²) in [6.07, 6.45) is 2.62. The molecule has 2 aromatic carbocycles. The fraction of sp³-hybridized carbons (Fsp3) is 0.263. The van der Waals surface area contributed by atoms with Crippen molar-refractivity contribution in [3.63, 3.8) is 0 Å². The maximum atomic E-state index is 11.9. The lowest BCUT2D eigenvalue weighted by Gasteiger charge is -2.35. The number of para-hydroxylation sites is 2. The molecule has 2 heterocycles. The van der Waals surface area contributed by atoms with E-state index in [0.717, 1.165) is 5.75 Å². The number of hydrogen-bond donors (Lipinski definition) is 1. The van der Waals surface area contributed by atoms with Gasteiger partial charge in [-0.1, -0.05) is 12.1 Å². The van der Waals surface area contributed by atoms with Gasteiger partial charge in [-0.2, -0.15) is 0 Å². The van der Waals surface area contributed by atoms with Gasteiger partial charge in [0.1, 0.15) is 18.8 Å². The third kappa shape index (κ3) is 3.52. The zero-order valence-corrected chi connectivity index (χ0v) is 15.8. The molecule has 0 radical (unpaired) electrons. The van der Waals surface area contributed by atoms with Gasteiger partial charge >= 0.3 is 0 Å². The van der Waals surface area contributed by atoms with Crippen molar-refractivity contribution in [3.05, 3.63) is 48.8 Å². The molecule has 3 aromatic rings. The minimum atomic E-state index is -3.32. The Labute approximate surface area is 157 Å². The molecule has 0 bridgehead atoms. The number of ether oxygens (including phenoxy) is 2. The maximum Gasteiger partial charge on any atom is 0.175 e. The van der Waals surface area contributed by atoms with Crippen molar-refractivity contribution in [2.75, 3.05) is 24.7 Å². The molecular weight excluding hydrogens is 366 g/mol. The Morgan fingerprint density at radius 1 is 1.15 bits per heavy atom. The van der Waals surface area contributed by atoms with Crippen molar-refractivity contribution >= 4 is 26.6 Å². The summed E-state index contributed by atoms with van der Waals surface area (Å²) in [4.78, 5) is 8.71. The second-order valence-electron chi connectivity index (χ2n) is 6.81. The van der Waals surface area contributed by atoms with Crippen LogP contribution in [-0.4, -0.2) is 43.4 Å². The highest BCUT2D eigenvalue weighted by molar-refractivity contribution is 7.90. The second kappa shape index (κ2) is 6.38. The molecule has 8 heteroatoms. The van der Waals surface area contributed by atoms with E-state index in [2.05, 4.69) is 15.3 Å². The summed E-state index contributed by atoms with van der Waals surface area (Å²) >= 11 is 0. The molecule has 7 nitrogen and oxygen atoms in total. The Balaban J connectivity index is 1.61. The number of nitrogens with zero attached hydrogens (tertiary/aromatic N) is 2. The Hall–Kier alpha value is -2.87. The Kier molecular flexibility index (Phi) is 4.15. The van der Waals surface area contributed by atoms with Gasteiger partial charge in [-0.15, -0.1) is 0 Å². The first-order chi connectivity index (χ1) is 12.8. The van der Waals surface area contributed by atoms with Crippen molar-refractivity contribution in [2.24, 2.45) is 0 Å². The fourth-order valence-corrected chi connectivity index (χ4v) is 3.59. The average molecular weight is 385 g/mol. The first-order valence-electron chi connectivity index (χ1n) is 8.44. The number of anilines is 1. The fourth-order valence-electron chi connectivity index (χ4n) is 2.94. The molecule has 140 valence electrons. The van der Waals surface area contributed by atoms with Crippen LogP contribution in [0.4, 0.5) is 5.82 Å². The van der Waals surface area contributed by atoms with Crippen LogP contribution in [0, 0.1) is 0 Å². The van der Waals surface area contributed by atoms with E-state index in [1.165, 1.54) is 12.6 Å². The predicted molar refractivity (Wildman–Crippen MR) is 102 cm³/mol. The molecule has 0 saturated heterocycles. The van der Waals surface area contributed by atoms with E-state index in [0.29, 0.717) is 35.6 Å². The smallest absolute Gasteiger partial charge is 0.175 e. The number of rotatable bonds is 4. The molecule has 0 fully saturated rings. The topological polar surface area (TPSA) is 90.4 Å². The zero-order valence-electron chi connectivity index (χ0n) is 15.0. The lowest BCUT2D eigenvalue weighted by atomic mass is 10.1. The van der Waals surface area contributed by atoms with E-state index < -0.39 is 15.4 Å². The van der Waals surface area contributed by atoms with E-state index in [1.807, 2.05) is 31.2 Å². The largest absolute Gasteiger partial charge is 0.485 e. The average Bonchev–Trinajstić information content (AvgIpc) is 2.65. The molecule has 4 rings (SSSR count). The highest BCUT2D eigenvalue weighted by atomic mass is 32.2. The molecule has 1 aromatic heterocycles. The van der Waals surface area contributed by atoms with E-state index in [1.54, 1.807) is 18.2 Å². The predicted octanol–water partition coefficient (Wildman–Crippen LogP) is 2.68. The molecule has 1 aliphatic heterocycles. The summed E-state index contributed by atoms with van der Waals surface area (Å²) in [6, 6.07) is 12.3. The van der Waals surface area contributed by atoms with Gasteiger partial charge in [-0.3, -0.25) is 0 Å². The lowest BCUT2D eigenvalue weighted by molar-refractivity contribution is 0.0166. The van der Waals surface area contributed by atoms with Crippen molar-refractivity contribution in [3.8, 4) is 11.5 Å². The standard InChI is InChI=1S/C19H19N3O4S/c1-19(11-25-16-5-3-4-6-17(16)26-19)10-20-18-14-9-13(27(2,23)24)7-8-15(14)21-12-22-18/h3-9,12H,10-11H2,1-2H3,(H,20,21,22). The molecule has 0 saturated carbocycles. The maximum absolute atomic E-state index is 11.9. The van der Waals surface area contributed by atoms with Gasteiger partial charge in [0.25, 0.3) is 0 Å². The van der Waals surface area contributed by atoms with Crippen molar-refractivity contribution in [2.45, 2.75) is 17.4 Å². The van der Waals surface area contributed by atoms with Gasteiger partial charge in [0, 0.05) is 11.6 Å². The summed E-state index contributed by atoms with van der Waals surface area (Å²) in [5.74, 6) is 1.97. The molecule has 1 atom stereocenters. The second-order valence-corrected chi connectivity index (χ2v) is 8.83. The highest BCUT2D eigenvalue weighted by Gasteiger charge is 2.33. The first kappa shape index (κ1) is 17.5. The van der Waals surface area contributed by atoms with Gasteiger partial charge < -0.3 is 14.8 Å². The van der Waals surface area contributed by atoms with Gasteiger partial charge in [-0.05, 0) is 37.3 Å². The van der Waals surface area contributed by atoms with Crippen LogP contribution in [0.5, 0.6) is 11.5 Å². The van der Waals surface area contributed by atoms with Gasteiger partial charge in [0.2, 0.25) is 0 Å². The van der Waals surface area contributed by atoms with Crippen LogP contribution >= 0.6 is 0 Å². The zero-order chi connectivity index (χ0) is 19.1. The lowest BCUT2D eigenvalue weighted by Crippen LogP contribution is -2.47. The van der Waals surface area contributed by atoms with Crippen LogP contribution in [-0.2, 0) is 9.84 Å². The minimum absolute atomic E-state index is 0.227. The summed E-state index contributed by atoms with van der Waals surface area (Å²) in [6.45, 7) is 2.76. The Morgan fingerprint density at radius 2 is 1.93 bits per heavy atom. The summed E-state index contributed by atoms with van der Waals surface area (Å²) < 4.78 is 35.6. The Bertz CT molecular complexity index is 1120. The summed E-state index contributed by atoms with van der Waals surface area (Å²) in [7, 11) is -3.32. The third-order valence-electron chi connectivity index (χ3n) is 4.40. The van der Waals surface area contributed by atoms with Crippen LogP contribution in [0.25, 0.3) is 10.9 Å². The molecule has 1 unspecified atom stereocenters. The number of aromatic nitrogens is 2. The SMILES string of the molecule is CC1(CNc2ncnc3ccc(S(C)(=O)=O)cc23)COc2ccccc2O1. The van der Waals surface area contributed by atoms with Crippen LogP contribution in [0.1, 0.15) is 6.92 Å². The number of hydrogen-bond acceptors (Lipinski definition) is 7. The number of sulfone groups is 1. The van der Waals surface area contributed by atoms with E-state index in [9.17, 15) is 8.42 Å². The number of nitrogens with one attached hydrogen (secondary N) is 1. The molecule has 27 heavy (non-hydrogen) atoms. The van der Waals surface area contributed by atoms with E-state index >= 15 is 0 Å². The van der Waals surface area contributed by atoms with Crippen molar-refractivity contribution in [1.82, 2.24) is 9.97 Å². The quantitative estimate of drug-likeness (QED) is 0.738. The highest BCUT2D eigenvalue weighted by Crippen LogP contribution is 2.35. The monoisotopic (exact) mass is 385 g/mol. The minimum Gasteiger partial charge on any atom is -0.485 e. The van der Waals surface area contributed by atoms with E-state index in [-0.39, 0.29) is 4.90 Å². The van der Waals surface area contributed by atoms with Crippen molar-refractivity contribution < 1.29 is 17.9 Å². The van der Waals surface area contributed by atoms with Crippen LogP contribution in [0.3, 0.4) is 0 Å². The van der Waals surface area contributed by atoms with Gasteiger partial charge in [0.15, 0.2) is 26.9 Å². The molecule has 1 aliphatic rings. The van der Waals surface area contributed by atoms with Crippen LogP contribution < -0.4 is 14.8 Å². The molecule has 0 amide bonds. The van der Waals surface area contributed by atoms with Crippen LogP contribution in [0.15, 0.2) is 53.7 Å². The first-order valence-corrected chi connectivity index (χ1v) is 10.3. The molecule has 1 N–H and O–H groups in total.